The predicted molar refractivity (Wildman–Crippen MR) is 53.8 cm³/mol. The molecule has 0 fully saturated rings. The summed E-state index contributed by atoms with van der Waals surface area (Å²) in [6.45, 7) is 2.09. The first-order chi connectivity index (χ1) is 6.27. The second kappa shape index (κ2) is 5.20. The zero-order valence-corrected chi connectivity index (χ0v) is 8.51. The van der Waals surface area contributed by atoms with Crippen molar-refractivity contribution < 1.29 is 5.11 Å². The van der Waals surface area contributed by atoms with Crippen LogP contribution in [0.15, 0.2) is 12.3 Å². The first-order valence-corrected chi connectivity index (χ1v) is 4.90. The van der Waals surface area contributed by atoms with E-state index in [4.69, 9.17) is 16.7 Å². The Kier molecular flexibility index (Phi) is 4.19. The lowest BCUT2D eigenvalue weighted by atomic mass is 10.1. The van der Waals surface area contributed by atoms with Gasteiger partial charge in [-0.15, -0.1) is 0 Å². The fourth-order valence-corrected chi connectivity index (χ4v) is 1.41. The molecule has 0 saturated carbocycles. The number of aliphatic hydroxyl groups is 1. The van der Waals surface area contributed by atoms with Crippen molar-refractivity contribution in [1.82, 2.24) is 4.98 Å². The van der Waals surface area contributed by atoms with Gasteiger partial charge in [0, 0.05) is 11.2 Å². The van der Waals surface area contributed by atoms with Gasteiger partial charge < -0.3 is 5.11 Å². The summed E-state index contributed by atoms with van der Waals surface area (Å²) in [6.07, 6.45) is 5.00. The van der Waals surface area contributed by atoms with E-state index in [2.05, 4.69) is 11.9 Å². The third-order valence-corrected chi connectivity index (χ3v) is 2.30. The van der Waals surface area contributed by atoms with E-state index in [9.17, 15) is 0 Å². The summed E-state index contributed by atoms with van der Waals surface area (Å²) in [5.41, 5.74) is 1.70. The molecule has 0 saturated heterocycles. The van der Waals surface area contributed by atoms with Gasteiger partial charge in [-0.05, 0) is 24.5 Å². The standard InChI is InChI=1S/C10H14ClNO/c1-2-3-4-8-6-12-9(7-13)5-10(8)11/h5-6,13H,2-4,7H2,1H3. The molecule has 0 unspecified atom stereocenters. The maximum absolute atomic E-state index is 8.81. The van der Waals surface area contributed by atoms with Crippen LogP contribution >= 0.6 is 11.6 Å². The van der Waals surface area contributed by atoms with Crippen molar-refractivity contribution in [1.29, 1.82) is 0 Å². The van der Waals surface area contributed by atoms with Gasteiger partial charge in [0.15, 0.2) is 0 Å². The van der Waals surface area contributed by atoms with Crippen LogP contribution in [0.3, 0.4) is 0 Å². The van der Waals surface area contributed by atoms with Gasteiger partial charge in [0.05, 0.1) is 12.3 Å². The smallest absolute Gasteiger partial charge is 0.0853 e. The molecule has 0 spiro atoms. The Bertz CT molecular complexity index is 276. The van der Waals surface area contributed by atoms with Crippen molar-refractivity contribution >= 4 is 11.6 Å². The second-order valence-electron chi connectivity index (χ2n) is 3.03. The minimum absolute atomic E-state index is 0.0478. The molecule has 0 aliphatic carbocycles. The van der Waals surface area contributed by atoms with E-state index in [1.54, 1.807) is 12.3 Å². The largest absolute Gasteiger partial charge is 0.390 e. The van der Waals surface area contributed by atoms with Crippen LogP contribution in [0, 0.1) is 0 Å². The average Bonchev–Trinajstić information content (AvgIpc) is 2.16. The molecule has 72 valence electrons. The molecule has 1 aromatic rings. The van der Waals surface area contributed by atoms with Crippen LogP contribution < -0.4 is 0 Å². The van der Waals surface area contributed by atoms with Crippen molar-refractivity contribution in [3.8, 4) is 0 Å². The first kappa shape index (κ1) is 10.5. The van der Waals surface area contributed by atoms with Gasteiger partial charge in [-0.25, -0.2) is 0 Å². The number of hydrogen-bond donors (Lipinski definition) is 1. The number of aryl methyl sites for hydroxylation is 1. The second-order valence-corrected chi connectivity index (χ2v) is 3.44. The zero-order chi connectivity index (χ0) is 9.68. The van der Waals surface area contributed by atoms with E-state index in [0.29, 0.717) is 10.7 Å². The topological polar surface area (TPSA) is 33.1 Å². The average molecular weight is 200 g/mol. The molecule has 0 atom stereocenters. The third-order valence-electron chi connectivity index (χ3n) is 1.95. The molecule has 0 radical (unpaired) electrons. The van der Waals surface area contributed by atoms with Gasteiger partial charge in [-0.1, -0.05) is 24.9 Å². The van der Waals surface area contributed by atoms with Crippen molar-refractivity contribution in [2.75, 3.05) is 0 Å². The van der Waals surface area contributed by atoms with Crippen LogP contribution in [0.25, 0.3) is 0 Å². The number of aliphatic hydroxyl groups excluding tert-OH is 1. The van der Waals surface area contributed by atoms with E-state index >= 15 is 0 Å². The van der Waals surface area contributed by atoms with E-state index in [-0.39, 0.29) is 6.61 Å². The number of nitrogens with zero attached hydrogens (tertiary/aromatic N) is 1. The fraction of sp³-hybridized carbons (Fsp3) is 0.500. The summed E-state index contributed by atoms with van der Waals surface area (Å²) in [7, 11) is 0. The molecule has 1 heterocycles. The Labute approximate surface area is 83.6 Å². The van der Waals surface area contributed by atoms with Crippen LogP contribution in [-0.4, -0.2) is 10.1 Å². The number of unbranched alkanes of at least 4 members (excludes halogenated alkanes) is 1. The molecular formula is C10H14ClNO. The van der Waals surface area contributed by atoms with Crippen LogP contribution in [0.1, 0.15) is 31.0 Å². The number of pyridine rings is 1. The summed E-state index contributed by atoms with van der Waals surface area (Å²) in [5, 5.41) is 9.52. The molecule has 0 aliphatic rings. The van der Waals surface area contributed by atoms with Gasteiger partial charge in [0.1, 0.15) is 0 Å². The van der Waals surface area contributed by atoms with Gasteiger partial charge in [-0.2, -0.15) is 0 Å². The molecule has 1 N–H and O–H groups in total. The monoisotopic (exact) mass is 199 g/mol. The molecule has 0 aliphatic heterocycles. The van der Waals surface area contributed by atoms with E-state index < -0.39 is 0 Å². The molecule has 1 aromatic heterocycles. The lowest BCUT2D eigenvalue weighted by Gasteiger charge is -2.03. The minimum Gasteiger partial charge on any atom is -0.390 e. The molecule has 0 amide bonds. The normalized spacial score (nSPS) is 10.4. The fourth-order valence-electron chi connectivity index (χ4n) is 1.14. The molecule has 2 nitrogen and oxygen atoms in total. The molecule has 13 heavy (non-hydrogen) atoms. The van der Waals surface area contributed by atoms with E-state index in [0.717, 1.165) is 24.8 Å². The number of rotatable bonds is 4. The maximum Gasteiger partial charge on any atom is 0.0853 e. The SMILES string of the molecule is CCCCc1cnc(CO)cc1Cl. The summed E-state index contributed by atoms with van der Waals surface area (Å²) in [6, 6.07) is 1.73. The molecular weight excluding hydrogens is 186 g/mol. The summed E-state index contributed by atoms with van der Waals surface area (Å²) >= 11 is 5.99. The van der Waals surface area contributed by atoms with Crippen molar-refractivity contribution in [2.45, 2.75) is 32.8 Å². The summed E-state index contributed by atoms with van der Waals surface area (Å²) < 4.78 is 0. The van der Waals surface area contributed by atoms with Crippen LogP contribution in [0.2, 0.25) is 5.02 Å². The molecule has 1 rings (SSSR count). The molecule has 3 heteroatoms. The first-order valence-electron chi connectivity index (χ1n) is 4.52. The van der Waals surface area contributed by atoms with Crippen molar-refractivity contribution in [3.63, 3.8) is 0 Å². The van der Waals surface area contributed by atoms with Gasteiger partial charge >= 0.3 is 0 Å². The van der Waals surface area contributed by atoms with Gasteiger partial charge in [0.2, 0.25) is 0 Å². The predicted octanol–water partition coefficient (Wildman–Crippen LogP) is 2.57. The highest BCUT2D eigenvalue weighted by Gasteiger charge is 2.01. The van der Waals surface area contributed by atoms with Crippen LogP contribution in [-0.2, 0) is 13.0 Å². The Morgan fingerprint density at radius 3 is 2.85 bits per heavy atom. The highest BCUT2D eigenvalue weighted by molar-refractivity contribution is 6.31. The number of halogens is 1. The van der Waals surface area contributed by atoms with E-state index in [1.807, 2.05) is 0 Å². The molecule has 0 bridgehead atoms. The quantitative estimate of drug-likeness (QED) is 0.809. The number of aromatic nitrogens is 1. The Morgan fingerprint density at radius 2 is 2.31 bits per heavy atom. The lowest BCUT2D eigenvalue weighted by Crippen LogP contribution is -1.93. The summed E-state index contributed by atoms with van der Waals surface area (Å²) in [5.74, 6) is 0. The Balaban J connectivity index is 2.73. The van der Waals surface area contributed by atoms with Crippen LogP contribution in [0.4, 0.5) is 0 Å². The van der Waals surface area contributed by atoms with Crippen molar-refractivity contribution in [3.05, 3.63) is 28.5 Å². The van der Waals surface area contributed by atoms with E-state index in [1.165, 1.54) is 0 Å². The Morgan fingerprint density at radius 1 is 1.54 bits per heavy atom. The Hall–Kier alpha value is -0.600. The highest BCUT2D eigenvalue weighted by atomic mass is 35.5. The highest BCUT2D eigenvalue weighted by Crippen LogP contribution is 2.17. The summed E-state index contributed by atoms with van der Waals surface area (Å²) in [4.78, 5) is 4.08. The maximum atomic E-state index is 8.81. The van der Waals surface area contributed by atoms with Crippen LogP contribution in [0.5, 0.6) is 0 Å². The molecule has 0 aromatic carbocycles. The zero-order valence-electron chi connectivity index (χ0n) is 7.76. The minimum atomic E-state index is -0.0478. The third kappa shape index (κ3) is 2.98. The van der Waals surface area contributed by atoms with Gasteiger partial charge in [0.25, 0.3) is 0 Å². The van der Waals surface area contributed by atoms with Gasteiger partial charge in [-0.3, -0.25) is 4.98 Å². The number of hydrogen-bond acceptors (Lipinski definition) is 2. The van der Waals surface area contributed by atoms with Crippen molar-refractivity contribution in [2.24, 2.45) is 0 Å². The lowest BCUT2D eigenvalue weighted by molar-refractivity contribution is 0.277.